The van der Waals surface area contributed by atoms with Crippen molar-refractivity contribution >= 4 is 11.6 Å². The molecular weight excluding hydrogens is 324 g/mol. The number of fused-ring (bicyclic) bond motifs is 1. The van der Waals surface area contributed by atoms with E-state index in [-0.39, 0.29) is 18.6 Å². The SMILES string of the molecule is Cc1noc(CN2CCC(C(=O)Nc3ccc4c(c3)OCO4)CC2)n1. The molecule has 0 unspecified atom stereocenters. The Balaban J connectivity index is 1.29. The van der Waals surface area contributed by atoms with Gasteiger partial charge in [0.25, 0.3) is 0 Å². The lowest BCUT2D eigenvalue weighted by Crippen LogP contribution is -2.37. The molecule has 0 aliphatic carbocycles. The van der Waals surface area contributed by atoms with Gasteiger partial charge in [-0.05, 0) is 45.0 Å². The van der Waals surface area contributed by atoms with Gasteiger partial charge in [-0.1, -0.05) is 5.16 Å². The zero-order valence-corrected chi connectivity index (χ0v) is 14.0. The number of carbonyl (C=O) groups excluding carboxylic acids is 1. The Labute approximate surface area is 145 Å². The van der Waals surface area contributed by atoms with Crippen molar-refractivity contribution in [2.75, 3.05) is 25.2 Å². The average molecular weight is 344 g/mol. The first kappa shape index (κ1) is 15.9. The van der Waals surface area contributed by atoms with Gasteiger partial charge in [0.15, 0.2) is 17.3 Å². The molecule has 8 nitrogen and oxygen atoms in total. The van der Waals surface area contributed by atoms with Crippen molar-refractivity contribution in [2.45, 2.75) is 26.3 Å². The van der Waals surface area contributed by atoms with E-state index in [4.69, 9.17) is 14.0 Å². The van der Waals surface area contributed by atoms with Crippen LogP contribution in [0.2, 0.25) is 0 Å². The highest BCUT2D eigenvalue weighted by atomic mass is 16.7. The van der Waals surface area contributed by atoms with E-state index in [1.54, 1.807) is 13.0 Å². The van der Waals surface area contributed by atoms with Gasteiger partial charge in [0.1, 0.15) is 0 Å². The van der Waals surface area contributed by atoms with Crippen molar-refractivity contribution < 1.29 is 18.8 Å². The second-order valence-electron chi connectivity index (χ2n) is 6.34. The van der Waals surface area contributed by atoms with Crippen molar-refractivity contribution in [3.05, 3.63) is 29.9 Å². The number of ether oxygens (including phenoxy) is 2. The van der Waals surface area contributed by atoms with Crippen LogP contribution in [0.15, 0.2) is 22.7 Å². The number of likely N-dealkylation sites (tertiary alicyclic amines) is 1. The number of rotatable bonds is 4. The van der Waals surface area contributed by atoms with Crippen molar-refractivity contribution in [3.8, 4) is 11.5 Å². The highest BCUT2D eigenvalue weighted by Crippen LogP contribution is 2.34. The van der Waals surface area contributed by atoms with E-state index in [1.165, 1.54) is 0 Å². The number of piperidine rings is 1. The number of carbonyl (C=O) groups is 1. The number of hydrogen-bond donors (Lipinski definition) is 1. The van der Waals surface area contributed by atoms with Gasteiger partial charge >= 0.3 is 0 Å². The lowest BCUT2D eigenvalue weighted by molar-refractivity contribution is -0.121. The van der Waals surface area contributed by atoms with E-state index in [2.05, 4.69) is 20.4 Å². The number of aromatic nitrogens is 2. The molecule has 0 spiro atoms. The first-order chi connectivity index (χ1) is 12.2. The molecule has 3 heterocycles. The van der Waals surface area contributed by atoms with Gasteiger partial charge < -0.3 is 19.3 Å². The molecule has 0 radical (unpaired) electrons. The molecule has 1 amide bonds. The summed E-state index contributed by atoms with van der Waals surface area (Å²) < 4.78 is 15.8. The van der Waals surface area contributed by atoms with E-state index >= 15 is 0 Å². The monoisotopic (exact) mass is 344 g/mol. The highest BCUT2D eigenvalue weighted by molar-refractivity contribution is 5.93. The molecular formula is C17H20N4O4. The normalized spacial score (nSPS) is 17.6. The Morgan fingerprint density at radius 3 is 2.84 bits per heavy atom. The average Bonchev–Trinajstić information content (AvgIpc) is 3.24. The van der Waals surface area contributed by atoms with E-state index < -0.39 is 0 Å². The topological polar surface area (TPSA) is 89.7 Å². The lowest BCUT2D eigenvalue weighted by Gasteiger charge is -2.30. The number of nitrogens with zero attached hydrogens (tertiary/aromatic N) is 3. The fraction of sp³-hybridized carbons (Fsp3) is 0.471. The van der Waals surface area contributed by atoms with Crippen LogP contribution in [0.3, 0.4) is 0 Å². The number of hydrogen-bond acceptors (Lipinski definition) is 7. The maximum absolute atomic E-state index is 12.5. The van der Waals surface area contributed by atoms with Crippen LogP contribution in [0.5, 0.6) is 11.5 Å². The van der Waals surface area contributed by atoms with E-state index in [1.807, 2.05) is 12.1 Å². The third kappa shape index (κ3) is 3.58. The van der Waals surface area contributed by atoms with Crippen LogP contribution in [-0.2, 0) is 11.3 Å². The van der Waals surface area contributed by atoms with Gasteiger partial charge in [-0.3, -0.25) is 9.69 Å². The van der Waals surface area contributed by atoms with Crippen molar-refractivity contribution in [1.29, 1.82) is 0 Å². The van der Waals surface area contributed by atoms with Crippen molar-refractivity contribution in [2.24, 2.45) is 5.92 Å². The number of anilines is 1. The summed E-state index contributed by atoms with van der Waals surface area (Å²) in [6, 6.07) is 5.44. The molecule has 4 rings (SSSR count). The largest absolute Gasteiger partial charge is 0.454 e. The van der Waals surface area contributed by atoms with Gasteiger partial charge in [0.2, 0.25) is 18.6 Å². The van der Waals surface area contributed by atoms with E-state index in [0.717, 1.165) is 31.6 Å². The molecule has 1 aromatic heterocycles. The van der Waals surface area contributed by atoms with E-state index in [9.17, 15) is 4.79 Å². The standard InChI is InChI=1S/C17H20N4O4/c1-11-18-16(25-20-11)9-21-6-4-12(5-7-21)17(22)19-13-2-3-14-15(8-13)24-10-23-14/h2-3,8,12H,4-7,9-10H2,1H3,(H,19,22). The maximum atomic E-state index is 12.5. The molecule has 0 atom stereocenters. The predicted molar refractivity (Wildman–Crippen MR) is 88.2 cm³/mol. The highest BCUT2D eigenvalue weighted by Gasteiger charge is 2.26. The molecule has 2 aliphatic heterocycles. The summed E-state index contributed by atoms with van der Waals surface area (Å²) in [7, 11) is 0. The zero-order valence-electron chi connectivity index (χ0n) is 14.0. The first-order valence-electron chi connectivity index (χ1n) is 8.39. The molecule has 1 N–H and O–H groups in total. The Morgan fingerprint density at radius 2 is 2.08 bits per heavy atom. The summed E-state index contributed by atoms with van der Waals surface area (Å²) in [5.74, 6) is 2.71. The minimum Gasteiger partial charge on any atom is -0.454 e. The maximum Gasteiger partial charge on any atom is 0.240 e. The van der Waals surface area contributed by atoms with Crippen LogP contribution in [0.25, 0.3) is 0 Å². The van der Waals surface area contributed by atoms with E-state index in [0.29, 0.717) is 29.8 Å². The Kier molecular flexibility index (Phi) is 4.27. The van der Waals surface area contributed by atoms with Crippen LogP contribution in [0.1, 0.15) is 24.6 Å². The summed E-state index contributed by atoms with van der Waals surface area (Å²) in [5, 5.41) is 6.78. The van der Waals surface area contributed by atoms with Gasteiger partial charge in [0, 0.05) is 17.7 Å². The molecule has 2 aliphatic rings. The summed E-state index contributed by atoms with van der Waals surface area (Å²) in [5.41, 5.74) is 0.734. The smallest absolute Gasteiger partial charge is 0.240 e. The third-order valence-electron chi connectivity index (χ3n) is 4.53. The predicted octanol–water partition coefficient (Wildman–Crippen LogP) is 1.96. The number of aryl methyl sites for hydroxylation is 1. The van der Waals surface area contributed by atoms with Gasteiger partial charge in [0.05, 0.1) is 6.54 Å². The van der Waals surface area contributed by atoms with Crippen molar-refractivity contribution in [3.63, 3.8) is 0 Å². The molecule has 2 aromatic rings. The van der Waals surface area contributed by atoms with Gasteiger partial charge in [-0.15, -0.1) is 0 Å². The van der Waals surface area contributed by atoms with Crippen LogP contribution in [-0.4, -0.2) is 40.8 Å². The zero-order chi connectivity index (χ0) is 17.2. The molecule has 0 bridgehead atoms. The van der Waals surface area contributed by atoms with Gasteiger partial charge in [-0.25, -0.2) is 0 Å². The first-order valence-corrected chi connectivity index (χ1v) is 8.39. The number of amides is 1. The third-order valence-corrected chi connectivity index (χ3v) is 4.53. The van der Waals surface area contributed by atoms with Crippen LogP contribution in [0, 0.1) is 12.8 Å². The van der Waals surface area contributed by atoms with Crippen molar-refractivity contribution in [1.82, 2.24) is 15.0 Å². The molecule has 25 heavy (non-hydrogen) atoms. The fourth-order valence-corrected chi connectivity index (χ4v) is 3.17. The van der Waals surface area contributed by atoms with Crippen LogP contribution in [0.4, 0.5) is 5.69 Å². The molecule has 0 saturated carbocycles. The second-order valence-corrected chi connectivity index (χ2v) is 6.34. The molecule has 1 aromatic carbocycles. The van der Waals surface area contributed by atoms with Crippen LogP contribution < -0.4 is 14.8 Å². The number of benzene rings is 1. The molecule has 8 heteroatoms. The summed E-state index contributed by atoms with van der Waals surface area (Å²) in [6.07, 6.45) is 1.62. The summed E-state index contributed by atoms with van der Waals surface area (Å²) in [6.45, 7) is 4.34. The Bertz CT molecular complexity index is 768. The molecule has 1 fully saturated rings. The second kappa shape index (κ2) is 6.72. The number of nitrogens with one attached hydrogen (secondary N) is 1. The van der Waals surface area contributed by atoms with Crippen LogP contribution >= 0.6 is 0 Å². The minimum absolute atomic E-state index is 0.00564. The molecule has 132 valence electrons. The Hall–Kier alpha value is -2.61. The van der Waals surface area contributed by atoms with Gasteiger partial charge in [-0.2, -0.15) is 4.98 Å². The summed E-state index contributed by atoms with van der Waals surface area (Å²) >= 11 is 0. The quantitative estimate of drug-likeness (QED) is 0.906. The fourth-order valence-electron chi connectivity index (χ4n) is 3.17. The lowest BCUT2D eigenvalue weighted by atomic mass is 9.96. The summed E-state index contributed by atoms with van der Waals surface area (Å²) in [4.78, 5) is 18.9. The minimum atomic E-state index is 0.00564. The Morgan fingerprint density at radius 1 is 1.28 bits per heavy atom. The molecule has 1 saturated heterocycles.